The van der Waals surface area contributed by atoms with Gasteiger partial charge >= 0.3 is 6.03 Å². The molecule has 2 aromatic heterocycles. The Labute approximate surface area is 144 Å². The fourth-order valence-corrected chi connectivity index (χ4v) is 3.35. The molecular formula is C17H20N4O2S. The summed E-state index contributed by atoms with van der Waals surface area (Å²) in [5.74, 6) is -0.157. The first-order valence-corrected chi connectivity index (χ1v) is 8.86. The van der Waals surface area contributed by atoms with E-state index in [0.29, 0.717) is 19.6 Å². The quantitative estimate of drug-likeness (QED) is 0.895. The van der Waals surface area contributed by atoms with E-state index in [1.807, 2.05) is 29.6 Å². The minimum Gasteiger partial charge on any atom is -0.352 e. The highest BCUT2D eigenvalue weighted by Crippen LogP contribution is 2.20. The SMILES string of the molecule is O=C(NCc1ccncc1)C1CCCN(C(=O)Nc2cccs2)C1. The fraction of sp³-hybridized carbons (Fsp3) is 0.353. The Morgan fingerprint density at radius 2 is 2.12 bits per heavy atom. The first kappa shape index (κ1) is 16.4. The minimum absolute atomic E-state index is 0.000404. The number of piperidine rings is 1. The lowest BCUT2D eigenvalue weighted by atomic mass is 9.97. The number of anilines is 1. The van der Waals surface area contributed by atoms with Crippen LogP contribution in [0.4, 0.5) is 9.80 Å². The Morgan fingerprint density at radius 3 is 2.88 bits per heavy atom. The maximum absolute atomic E-state index is 12.4. The molecule has 1 unspecified atom stereocenters. The molecule has 3 rings (SSSR count). The van der Waals surface area contributed by atoms with Crippen LogP contribution in [0.2, 0.25) is 0 Å². The Kier molecular flexibility index (Phi) is 5.43. The molecule has 1 fully saturated rings. The maximum Gasteiger partial charge on any atom is 0.322 e. The van der Waals surface area contributed by atoms with Crippen molar-refractivity contribution in [2.75, 3.05) is 18.4 Å². The predicted octanol–water partition coefficient (Wildman–Crippen LogP) is 2.70. The largest absolute Gasteiger partial charge is 0.352 e. The van der Waals surface area contributed by atoms with Gasteiger partial charge in [0.2, 0.25) is 5.91 Å². The third kappa shape index (κ3) is 4.32. The van der Waals surface area contributed by atoms with E-state index < -0.39 is 0 Å². The van der Waals surface area contributed by atoms with E-state index in [-0.39, 0.29) is 17.9 Å². The molecule has 1 atom stereocenters. The van der Waals surface area contributed by atoms with Crippen molar-refractivity contribution in [2.45, 2.75) is 19.4 Å². The molecule has 1 aliphatic rings. The van der Waals surface area contributed by atoms with Gasteiger partial charge in [0.1, 0.15) is 0 Å². The van der Waals surface area contributed by atoms with Crippen molar-refractivity contribution in [1.29, 1.82) is 0 Å². The Bertz CT molecular complexity index is 675. The van der Waals surface area contributed by atoms with Gasteiger partial charge in [-0.1, -0.05) is 0 Å². The van der Waals surface area contributed by atoms with Crippen LogP contribution in [-0.2, 0) is 11.3 Å². The normalized spacial score (nSPS) is 17.3. The number of carbonyl (C=O) groups is 2. The second-order valence-electron chi connectivity index (χ2n) is 5.77. The van der Waals surface area contributed by atoms with E-state index in [9.17, 15) is 9.59 Å². The number of carbonyl (C=O) groups excluding carboxylic acids is 2. The molecule has 7 heteroatoms. The minimum atomic E-state index is -0.158. The maximum atomic E-state index is 12.4. The van der Waals surface area contributed by atoms with Crippen molar-refractivity contribution < 1.29 is 9.59 Å². The zero-order valence-corrected chi connectivity index (χ0v) is 14.1. The van der Waals surface area contributed by atoms with Crippen LogP contribution in [0.1, 0.15) is 18.4 Å². The zero-order valence-electron chi connectivity index (χ0n) is 13.3. The van der Waals surface area contributed by atoms with E-state index in [4.69, 9.17) is 0 Å². The third-order valence-electron chi connectivity index (χ3n) is 4.05. The number of hydrogen-bond donors (Lipinski definition) is 2. The molecule has 0 bridgehead atoms. The van der Waals surface area contributed by atoms with Crippen molar-refractivity contribution >= 4 is 28.3 Å². The van der Waals surface area contributed by atoms with Gasteiger partial charge in [-0.2, -0.15) is 0 Å². The summed E-state index contributed by atoms with van der Waals surface area (Å²) in [5, 5.41) is 8.57. The number of pyridine rings is 1. The summed E-state index contributed by atoms with van der Waals surface area (Å²) in [6.07, 6.45) is 5.06. The van der Waals surface area contributed by atoms with Gasteiger partial charge in [-0.3, -0.25) is 15.1 Å². The Morgan fingerprint density at radius 1 is 1.29 bits per heavy atom. The average Bonchev–Trinajstić information content (AvgIpc) is 3.13. The van der Waals surface area contributed by atoms with Crippen LogP contribution in [0.15, 0.2) is 42.0 Å². The van der Waals surface area contributed by atoms with E-state index >= 15 is 0 Å². The lowest BCUT2D eigenvalue weighted by Gasteiger charge is -2.31. The van der Waals surface area contributed by atoms with Crippen molar-refractivity contribution in [1.82, 2.24) is 15.2 Å². The Balaban J connectivity index is 1.51. The summed E-state index contributed by atoms with van der Waals surface area (Å²) in [7, 11) is 0. The molecule has 3 heterocycles. The summed E-state index contributed by atoms with van der Waals surface area (Å²) >= 11 is 1.49. The highest BCUT2D eigenvalue weighted by Gasteiger charge is 2.28. The molecule has 0 spiro atoms. The van der Waals surface area contributed by atoms with Gasteiger partial charge in [-0.05, 0) is 48.1 Å². The molecule has 0 radical (unpaired) electrons. The molecule has 2 aromatic rings. The summed E-state index contributed by atoms with van der Waals surface area (Å²) < 4.78 is 0. The number of hydrogen-bond acceptors (Lipinski definition) is 4. The lowest BCUT2D eigenvalue weighted by molar-refractivity contribution is -0.126. The van der Waals surface area contributed by atoms with Crippen molar-refractivity contribution in [3.8, 4) is 0 Å². The van der Waals surface area contributed by atoms with E-state index in [1.165, 1.54) is 11.3 Å². The second kappa shape index (κ2) is 7.92. The van der Waals surface area contributed by atoms with Crippen molar-refractivity contribution in [3.63, 3.8) is 0 Å². The second-order valence-corrected chi connectivity index (χ2v) is 6.71. The predicted molar refractivity (Wildman–Crippen MR) is 93.7 cm³/mol. The van der Waals surface area contributed by atoms with Crippen LogP contribution < -0.4 is 10.6 Å². The van der Waals surface area contributed by atoms with Gasteiger partial charge in [-0.15, -0.1) is 11.3 Å². The van der Waals surface area contributed by atoms with Crippen LogP contribution in [0.3, 0.4) is 0 Å². The summed E-state index contributed by atoms with van der Waals surface area (Å²) in [6, 6.07) is 7.38. The van der Waals surface area contributed by atoms with Crippen LogP contribution in [-0.4, -0.2) is 34.9 Å². The standard InChI is InChI=1S/C17H20N4O2S/c22-16(19-11-13-5-7-18-8-6-13)14-3-1-9-21(12-14)17(23)20-15-4-2-10-24-15/h2,4-8,10,14H,1,3,9,11-12H2,(H,19,22)(H,20,23). The molecule has 1 saturated heterocycles. The molecule has 24 heavy (non-hydrogen) atoms. The van der Waals surface area contributed by atoms with E-state index in [2.05, 4.69) is 15.6 Å². The first-order chi connectivity index (χ1) is 11.7. The highest BCUT2D eigenvalue weighted by molar-refractivity contribution is 7.14. The first-order valence-electron chi connectivity index (χ1n) is 7.98. The van der Waals surface area contributed by atoms with E-state index in [0.717, 1.165) is 23.4 Å². The van der Waals surface area contributed by atoms with Crippen LogP contribution in [0, 0.1) is 5.92 Å². The Hall–Kier alpha value is -2.41. The molecule has 1 aliphatic heterocycles. The molecule has 3 amide bonds. The summed E-state index contributed by atoms with van der Waals surface area (Å²) in [4.78, 5) is 30.4. The van der Waals surface area contributed by atoms with Gasteiger partial charge in [0, 0.05) is 32.0 Å². The number of nitrogens with zero attached hydrogens (tertiary/aromatic N) is 2. The third-order valence-corrected chi connectivity index (χ3v) is 4.83. The van der Waals surface area contributed by atoms with Gasteiger partial charge in [0.05, 0.1) is 10.9 Å². The number of rotatable bonds is 4. The fourth-order valence-electron chi connectivity index (χ4n) is 2.74. The number of likely N-dealkylation sites (tertiary alicyclic amines) is 1. The van der Waals surface area contributed by atoms with Crippen molar-refractivity contribution in [3.05, 3.63) is 47.6 Å². The molecule has 126 valence electrons. The van der Waals surface area contributed by atoms with Gasteiger partial charge in [0.25, 0.3) is 0 Å². The molecule has 2 N–H and O–H groups in total. The van der Waals surface area contributed by atoms with Gasteiger partial charge in [0.15, 0.2) is 0 Å². The molecule has 0 saturated carbocycles. The lowest BCUT2D eigenvalue weighted by Crippen LogP contribution is -2.46. The number of amides is 3. The summed E-state index contributed by atoms with van der Waals surface area (Å²) in [5.41, 5.74) is 1.02. The topological polar surface area (TPSA) is 74.3 Å². The average molecular weight is 344 g/mol. The van der Waals surface area contributed by atoms with Crippen LogP contribution in [0.25, 0.3) is 0 Å². The van der Waals surface area contributed by atoms with Gasteiger partial charge < -0.3 is 10.2 Å². The molecular weight excluding hydrogens is 324 g/mol. The summed E-state index contributed by atoms with van der Waals surface area (Å²) in [6.45, 7) is 1.63. The number of aromatic nitrogens is 1. The number of nitrogens with one attached hydrogen (secondary N) is 2. The molecule has 0 aliphatic carbocycles. The van der Waals surface area contributed by atoms with Gasteiger partial charge in [-0.25, -0.2) is 4.79 Å². The number of urea groups is 1. The van der Waals surface area contributed by atoms with Crippen LogP contribution >= 0.6 is 11.3 Å². The smallest absolute Gasteiger partial charge is 0.322 e. The molecule has 6 nitrogen and oxygen atoms in total. The van der Waals surface area contributed by atoms with E-state index in [1.54, 1.807) is 17.3 Å². The number of thiophene rings is 1. The molecule has 0 aromatic carbocycles. The zero-order chi connectivity index (χ0) is 16.8. The highest BCUT2D eigenvalue weighted by atomic mass is 32.1. The monoisotopic (exact) mass is 344 g/mol. The van der Waals surface area contributed by atoms with Crippen LogP contribution in [0.5, 0.6) is 0 Å². The van der Waals surface area contributed by atoms with Crippen molar-refractivity contribution in [2.24, 2.45) is 5.92 Å².